The molecule has 0 spiro atoms. The van der Waals surface area contributed by atoms with E-state index in [4.69, 9.17) is 23.7 Å². The zero-order valence-electron chi connectivity index (χ0n) is 44.3. The second-order valence-electron chi connectivity index (χ2n) is 19.5. The van der Waals surface area contributed by atoms with E-state index in [-0.39, 0.29) is 36.8 Å². The Labute approximate surface area is 443 Å². The monoisotopic (exact) mass is 1040 g/mol. The molecule has 1 unspecified atom stereocenters. The lowest BCUT2D eigenvalue weighted by Crippen LogP contribution is -2.41. The van der Waals surface area contributed by atoms with Crippen LogP contribution >= 0.6 is 0 Å². The molecule has 1 aliphatic rings. The molecule has 3 heterocycles. The number of anilines is 4. The van der Waals surface area contributed by atoms with E-state index in [0.717, 1.165) is 71.1 Å². The Morgan fingerprint density at radius 2 is 1.03 bits per heavy atom. The third-order valence-corrected chi connectivity index (χ3v) is 11.1. The molecule has 19 heteroatoms. The number of amides is 2. The van der Waals surface area contributed by atoms with Crippen LogP contribution in [-0.4, -0.2) is 119 Å². The van der Waals surface area contributed by atoms with Gasteiger partial charge in [-0.15, -0.1) is 0 Å². The number of hydrogen-bond donors (Lipinski definition) is 4. The average Bonchev–Trinajstić information content (AvgIpc) is 3.40. The number of hydrogen-bond acceptors (Lipinski definition) is 17. The standard InChI is InChI=1S/C33H41N5O6.C24H26N4O4/c1-5-42-31(41)25-7-6-16-38(22-25)17-18-43-28-14-12-27(13-15-28)37-32-35-19-26(20-36-32)23-8-10-24(11-9-23)30(40)34-21-29(39)44-33(2,3)4;1-24(2,3)32-21(29)15-25-22(30)17-7-5-16(6-8-17)18-13-26-23(27-14-18)28-19-9-11-20(31-4)12-10-19/h8-15,19-20,25H,5-7,16-18,21-22H2,1-4H3,(H,34,40)(H,35,36,37);5-14H,15H2,1-4H3,(H,25,30)(H,26,27,28). The molecule has 1 aliphatic heterocycles. The number of benzene rings is 4. The van der Waals surface area contributed by atoms with Crippen molar-refractivity contribution in [1.82, 2.24) is 35.5 Å². The maximum absolute atomic E-state index is 12.4. The van der Waals surface area contributed by atoms with Crippen molar-refractivity contribution >= 4 is 53.0 Å². The molecule has 2 amide bonds. The van der Waals surface area contributed by atoms with Crippen molar-refractivity contribution in [3.63, 3.8) is 0 Å². The van der Waals surface area contributed by atoms with Gasteiger partial charge in [-0.05, 0) is 152 Å². The number of aromatic nitrogens is 4. The Morgan fingerprint density at radius 3 is 1.43 bits per heavy atom. The van der Waals surface area contributed by atoms with Crippen LogP contribution in [0.4, 0.5) is 23.3 Å². The molecule has 4 aromatic carbocycles. The molecule has 2 aromatic heterocycles. The van der Waals surface area contributed by atoms with Gasteiger partial charge < -0.3 is 45.0 Å². The van der Waals surface area contributed by atoms with Gasteiger partial charge in [0.1, 0.15) is 42.4 Å². The first kappa shape index (κ1) is 56.8. The van der Waals surface area contributed by atoms with Crippen LogP contribution in [0.3, 0.4) is 0 Å². The highest BCUT2D eigenvalue weighted by Crippen LogP contribution is 2.24. The van der Waals surface area contributed by atoms with Gasteiger partial charge in [0.05, 0.1) is 19.6 Å². The summed E-state index contributed by atoms with van der Waals surface area (Å²) in [7, 11) is 1.62. The third-order valence-electron chi connectivity index (χ3n) is 11.1. The van der Waals surface area contributed by atoms with Crippen LogP contribution in [0.15, 0.2) is 122 Å². The van der Waals surface area contributed by atoms with Crippen LogP contribution in [0.5, 0.6) is 11.5 Å². The van der Waals surface area contributed by atoms with Gasteiger partial charge in [0.25, 0.3) is 11.8 Å². The van der Waals surface area contributed by atoms with Crippen molar-refractivity contribution < 1.29 is 47.7 Å². The number of carbonyl (C=O) groups is 5. The maximum atomic E-state index is 12.4. The molecular weight excluding hydrogens is 971 g/mol. The summed E-state index contributed by atoms with van der Waals surface area (Å²) in [6.45, 7) is 15.5. The van der Waals surface area contributed by atoms with E-state index in [9.17, 15) is 24.0 Å². The number of nitrogens with one attached hydrogen (secondary N) is 4. The minimum Gasteiger partial charge on any atom is -0.497 e. The van der Waals surface area contributed by atoms with Crippen LogP contribution in [-0.2, 0) is 28.6 Å². The molecule has 6 aromatic rings. The lowest BCUT2D eigenvalue weighted by atomic mass is 9.98. The number of ether oxygens (including phenoxy) is 5. The SMILES string of the molecule is CCOC(=O)C1CCCN(CCOc2ccc(Nc3ncc(-c4ccc(C(=O)NCC(=O)OC(C)(C)C)cc4)cn3)cc2)C1.COc1ccc(Nc2ncc(-c3ccc(C(=O)NCC(=O)OC(C)(C)C)cc3)cn2)cc1. The van der Waals surface area contributed by atoms with Crippen LogP contribution in [0.2, 0.25) is 0 Å². The summed E-state index contributed by atoms with van der Waals surface area (Å²) in [5, 5.41) is 11.5. The van der Waals surface area contributed by atoms with Crippen LogP contribution in [0.25, 0.3) is 22.3 Å². The lowest BCUT2D eigenvalue weighted by Gasteiger charge is -2.31. The highest BCUT2D eigenvalue weighted by Gasteiger charge is 2.27. The van der Waals surface area contributed by atoms with Gasteiger partial charge in [-0.2, -0.15) is 0 Å². The molecule has 1 fully saturated rings. The van der Waals surface area contributed by atoms with Gasteiger partial charge >= 0.3 is 17.9 Å². The minimum atomic E-state index is -0.607. The molecule has 0 bridgehead atoms. The van der Waals surface area contributed by atoms with Gasteiger partial charge in [-0.3, -0.25) is 28.9 Å². The van der Waals surface area contributed by atoms with E-state index in [1.807, 2.05) is 55.5 Å². The topological polar surface area (TPSA) is 234 Å². The molecule has 1 saturated heterocycles. The largest absolute Gasteiger partial charge is 0.497 e. The molecule has 76 heavy (non-hydrogen) atoms. The normalized spacial score (nSPS) is 13.4. The molecule has 4 N–H and O–H groups in total. The second-order valence-corrected chi connectivity index (χ2v) is 19.5. The summed E-state index contributed by atoms with van der Waals surface area (Å²) >= 11 is 0. The first-order valence-corrected chi connectivity index (χ1v) is 25.0. The molecule has 0 saturated carbocycles. The minimum absolute atomic E-state index is 0.0531. The van der Waals surface area contributed by atoms with Crippen LogP contribution in [0, 0.1) is 5.92 Å². The molecule has 7 rings (SSSR count). The van der Waals surface area contributed by atoms with Crippen molar-refractivity contribution in [2.75, 3.05) is 63.7 Å². The average molecular weight is 1040 g/mol. The molecule has 400 valence electrons. The summed E-state index contributed by atoms with van der Waals surface area (Å²) in [5.41, 5.74) is 4.66. The summed E-state index contributed by atoms with van der Waals surface area (Å²) in [6.07, 6.45) is 8.68. The quantitative estimate of drug-likeness (QED) is 0.0439. The molecule has 1 atom stereocenters. The first-order valence-electron chi connectivity index (χ1n) is 25.0. The fourth-order valence-electron chi connectivity index (χ4n) is 7.55. The van der Waals surface area contributed by atoms with E-state index >= 15 is 0 Å². The van der Waals surface area contributed by atoms with E-state index in [0.29, 0.717) is 42.8 Å². The van der Waals surface area contributed by atoms with Gasteiger partial charge in [0.2, 0.25) is 11.9 Å². The predicted molar refractivity (Wildman–Crippen MR) is 289 cm³/mol. The molecule has 0 aliphatic carbocycles. The summed E-state index contributed by atoms with van der Waals surface area (Å²) in [6, 6.07) is 29.0. The fraction of sp³-hybridized carbons (Fsp3) is 0.351. The van der Waals surface area contributed by atoms with Crippen LogP contribution < -0.4 is 30.7 Å². The summed E-state index contributed by atoms with van der Waals surface area (Å²) < 4.78 is 26.6. The van der Waals surface area contributed by atoms with Gasteiger partial charge in [-0.25, -0.2) is 19.9 Å². The fourth-order valence-corrected chi connectivity index (χ4v) is 7.55. The van der Waals surface area contributed by atoms with Crippen molar-refractivity contribution in [2.45, 2.75) is 72.5 Å². The highest BCUT2D eigenvalue weighted by molar-refractivity contribution is 5.97. The maximum Gasteiger partial charge on any atom is 0.325 e. The van der Waals surface area contributed by atoms with Crippen molar-refractivity contribution in [3.05, 3.63) is 133 Å². The van der Waals surface area contributed by atoms with Gasteiger partial charge in [-0.1, -0.05) is 24.3 Å². The number of carbonyl (C=O) groups excluding carboxylic acids is 5. The van der Waals surface area contributed by atoms with Crippen molar-refractivity contribution in [1.29, 1.82) is 0 Å². The van der Waals surface area contributed by atoms with E-state index in [1.54, 1.807) is 122 Å². The Morgan fingerprint density at radius 1 is 0.592 bits per heavy atom. The molecule has 0 radical (unpaired) electrons. The number of methoxy groups -OCH3 is 1. The predicted octanol–water partition coefficient (Wildman–Crippen LogP) is 8.58. The Hall–Kier alpha value is -8.45. The van der Waals surface area contributed by atoms with E-state index < -0.39 is 23.1 Å². The Kier molecular flexibility index (Phi) is 20.3. The number of piperidine rings is 1. The number of rotatable bonds is 19. The number of esters is 3. The van der Waals surface area contributed by atoms with Crippen molar-refractivity contribution in [2.24, 2.45) is 5.92 Å². The second kappa shape index (κ2) is 27.2. The zero-order valence-corrected chi connectivity index (χ0v) is 44.3. The van der Waals surface area contributed by atoms with Crippen LogP contribution in [0.1, 0.15) is 82.0 Å². The highest BCUT2D eigenvalue weighted by atomic mass is 16.6. The van der Waals surface area contributed by atoms with E-state index in [1.165, 1.54) is 0 Å². The lowest BCUT2D eigenvalue weighted by molar-refractivity contribution is -0.154. The number of likely N-dealkylation sites (tertiary alicyclic amines) is 1. The Bertz CT molecular complexity index is 2840. The van der Waals surface area contributed by atoms with E-state index in [2.05, 4.69) is 46.1 Å². The smallest absolute Gasteiger partial charge is 0.325 e. The first-order chi connectivity index (χ1) is 36.3. The van der Waals surface area contributed by atoms with Crippen molar-refractivity contribution in [3.8, 4) is 33.8 Å². The summed E-state index contributed by atoms with van der Waals surface area (Å²) in [4.78, 5) is 80.1. The molecule has 19 nitrogen and oxygen atoms in total. The van der Waals surface area contributed by atoms with Gasteiger partial charge in [0.15, 0.2) is 0 Å². The Balaban J connectivity index is 0.000000259. The zero-order chi connectivity index (χ0) is 54.7. The molecular formula is C57H67N9O10. The number of nitrogens with zero attached hydrogens (tertiary/aromatic N) is 5. The van der Waals surface area contributed by atoms with Gasteiger partial charge in [0, 0.05) is 71.5 Å². The summed E-state index contributed by atoms with van der Waals surface area (Å²) in [5.74, 6) is 0.604. The third kappa shape index (κ3) is 18.8.